The molecule has 0 spiro atoms. The average molecular weight is 330 g/mol. The van der Waals surface area contributed by atoms with Gasteiger partial charge in [0, 0.05) is 12.1 Å². The molecule has 5 heteroatoms. The molecule has 21 heavy (non-hydrogen) atoms. The maximum absolute atomic E-state index is 11.9. The Morgan fingerprint density at radius 2 is 2.14 bits per heavy atom. The lowest BCUT2D eigenvalue weighted by Crippen LogP contribution is -2.34. The van der Waals surface area contributed by atoms with E-state index in [0.29, 0.717) is 40.3 Å². The van der Waals surface area contributed by atoms with E-state index in [1.165, 1.54) is 0 Å². The smallest absolute Gasteiger partial charge is 0.223 e. The van der Waals surface area contributed by atoms with Crippen LogP contribution in [0, 0.1) is 5.41 Å². The van der Waals surface area contributed by atoms with Crippen LogP contribution in [0.1, 0.15) is 39.5 Å². The number of hydrogen-bond acceptors (Lipinski definition) is 2. The molecule has 0 bridgehead atoms. The highest BCUT2D eigenvalue weighted by Crippen LogP contribution is 2.36. The normalized spacial score (nSPS) is 20.3. The van der Waals surface area contributed by atoms with Crippen LogP contribution in [-0.4, -0.2) is 18.6 Å². The first-order chi connectivity index (χ1) is 9.85. The van der Waals surface area contributed by atoms with E-state index >= 15 is 0 Å². The number of benzene rings is 1. The van der Waals surface area contributed by atoms with Gasteiger partial charge in [-0.2, -0.15) is 0 Å². The lowest BCUT2D eigenvalue weighted by Gasteiger charge is -2.17. The Labute approximate surface area is 136 Å². The summed E-state index contributed by atoms with van der Waals surface area (Å²) in [5, 5.41) is 4.02. The Kier molecular flexibility index (Phi) is 5.39. The van der Waals surface area contributed by atoms with Crippen molar-refractivity contribution >= 4 is 29.1 Å². The largest absolute Gasteiger partial charge is 0.493 e. The maximum Gasteiger partial charge on any atom is 0.223 e. The minimum absolute atomic E-state index is 0.0396. The second kappa shape index (κ2) is 6.89. The first kappa shape index (κ1) is 16.4. The van der Waals surface area contributed by atoms with Crippen LogP contribution in [0.5, 0.6) is 5.75 Å². The summed E-state index contributed by atoms with van der Waals surface area (Å²) in [4.78, 5) is 11.9. The van der Waals surface area contributed by atoms with Crippen LogP contribution in [0.4, 0.5) is 0 Å². The second-order valence-electron chi connectivity index (χ2n) is 6.35. The molecule has 3 nitrogen and oxygen atoms in total. The van der Waals surface area contributed by atoms with Crippen molar-refractivity contribution in [1.29, 1.82) is 0 Å². The molecule has 0 saturated heterocycles. The van der Waals surface area contributed by atoms with E-state index in [1.54, 1.807) is 18.2 Å². The van der Waals surface area contributed by atoms with Crippen molar-refractivity contribution in [2.75, 3.05) is 6.61 Å². The van der Waals surface area contributed by atoms with Gasteiger partial charge in [-0.3, -0.25) is 4.79 Å². The van der Waals surface area contributed by atoms with Crippen LogP contribution in [0.3, 0.4) is 0 Å². The molecule has 0 aliphatic heterocycles. The summed E-state index contributed by atoms with van der Waals surface area (Å²) in [5.74, 6) is 0.664. The van der Waals surface area contributed by atoms with E-state index in [2.05, 4.69) is 19.2 Å². The van der Waals surface area contributed by atoms with E-state index in [9.17, 15) is 4.79 Å². The van der Waals surface area contributed by atoms with Gasteiger partial charge in [-0.15, -0.1) is 0 Å². The Bertz CT molecular complexity index is 517. The summed E-state index contributed by atoms with van der Waals surface area (Å²) >= 11 is 11.7. The fourth-order valence-corrected chi connectivity index (χ4v) is 2.98. The second-order valence-corrected chi connectivity index (χ2v) is 7.16. The number of halogens is 2. The van der Waals surface area contributed by atoms with Crippen LogP contribution in [0.15, 0.2) is 18.2 Å². The zero-order valence-electron chi connectivity index (χ0n) is 12.4. The first-order valence-corrected chi connectivity index (χ1v) is 7.98. The summed E-state index contributed by atoms with van der Waals surface area (Å²) < 4.78 is 5.51. The number of nitrogens with one attached hydrogen (secondary N) is 1. The number of amides is 1. The van der Waals surface area contributed by atoms with Gasteiger partial charge in [0.05, 0.1) is 23.1 Å². The van der Waals surface area contributed by atoms with E-state index < -0.39 is 0 Å². The Morgan fingerprint density at radius 3 is 2.76 bits per heavy atom. The minimum Gasteiger partial charge on any atom is -0.493 e. The molecule has 0 heterocycles. The van der Waals surface area contributed by atoms with Crippen LogP contribution >= 0.6 is 23.2 Å². The van der Waals surface area contributed by atoms with Crippen molar-refractivity contribution in [2.24, 2.45) is 5.41 Å². The summed E-state index contributed by atoms with van der Waals surface area (Å²) in [6.45, 7) is 4.82. The lowest BCUT2D eigenvalue weighted by atomic mass is 9.92. The molecule has 0 radical (unpaired) electrons. The summed E-state index contributed by atoms with van der Waals surface area (Å²) in [5.41, 5.74) is 0.342. The number of carbonyl (C=O) groups is 1. The first-order valence-electron chi connectivity index (χ1n) is 7.23. The zero-order chi connectivity index (χ0) is 15.5. The summed E-state index contributed by atoms with van der Waals surface area (Å²) in [7, 11) is 0. The number of carbonyl (C=O) groups excluding carboxylic acids is 1. The monoisotopic (exact) mass is 329 g/mol. The SMILES string of the molecule is CC1(C)CCC(NC(=O)CCOc2ccc(Cl)c(Cl)c2)C1. The number of rotatable bonds is 5. The summed E-state index contributed by atoms with van der Waals surface area (Å²) in [6.07, 6.45) is 3.62. The highest BCUT2D eigenvalue weighted by molar-refractivity contribution is 6.42. The van der Waals surface area contributed by atoms with Crippen LogP contribution in [-0.2, 0) is 4.79 Å². The Balaban J connectivity index is 1.71. The van der Waals surface area contributed by atoms with Crippen molar-refractivity contribution in [2.45, 2.75) is 45.6 Å². The fraction of sp³-hybridized carbons (Fsp3) is 0.562. The quantitative estimate of drug-likeness (QED) is 0.866. The van der Waals surface area contributed by atoms with Crippen LogP contribution in [0.2, 0.25) is 10.0 Å². The Hall–Kier alpha value is -0.930. The van der Waals surface area contributed by atoms with Gasteiger partial charge in [-0.1, -0.05) is 37.0 Å². The van der Waals surface area contributed by atoms with Gasteiger partial charge < -0.3 is 10.1 Å². The molecule has 1 amide bonds. The molecule has 1 fully saturated rings. The zero-order valence-corrected chi connectivity index (χ0v) is 13.9. The van der Waals surface area contributed by atoms with Gasteiger partial charge in [0.15, 0.2) is 0 Å². The molecule has 116 valence electrons. The van der Waals surface area contributed by atoms with Gasteiger partial charge in [0.1, 0.15) is 5.75 Å². The third-order valence-corrected chi connectivity index (χ3v) is 4.56. The van der Waals surface area contributed by atoms with Crippen molar-refractivity contribution in [1.82, 2.24) is 5.32 Å². The average Bonchev–Trinajstić information content (AvgIpc) is 2.73. The standard InChI is InChI=1S/C16H21Cl2NO2/c1-16(2)7-5-11(10-16)19-15(20)6-8-21-12-3-4-13(17)14(18)9-12/h3-4,9,11H,5-8,10H2,1-2H3,(H,19,20). The third kappa shape index (κ3) is 5.08. The Morgan fingerprint density at radius 1 is 1.38 bits per heavy atom. The van der Waals surface area contributed by atoms with Gasteiger partial charge in [0.2, 0.25) is 5.91 Å². The van der Waals surface area contributed by atoms with Gasteiger partial charge in [-0.05, 0) is 36.8 Å². The minimum atomic E-state index is 0.0396. The molecule has 0 aromatic heterocycles. The van der Waals surface area contributed by atoms with Crippen LogP contribution in [0.25, 0.3) is 0 Å². The van der Waals surface area contributed by atoms with Gasteiger partial charge in [0.25, 0.3) is 0 Å². The summed E-state index contributed by atoms with van der Waals surface area (Å²) in [6, 6.07) is 5.38. The molecular weight excluding hydrogens is 309 g/mol. The third-order valence-electron chi connectivity index (χ3n) is 3.82. The fourth-order valence-electron chi connectivity index (χ4n) is 2.69. The van der Waals surface area contributed by atoms with Crippen molar-refractivity contribution in [3.8, 4) is 5.75 Å². The van der Waals surface area contributed by atoms with E-state index in [-0.39, 0.29) is 5.91 Å². The van der Waals surface area contributed by atoms with Gasteiger partial charge >= 0.3 is 0 Å². The molecule has 1 N–H and O–H groups in total. The van der Waals surface area contributed by atoms with Crippen molar-refractivity contribution in [3.63, 3.8) is 0 Å². The molecule has 1 saturated carbocycles. The van der Waals surface area contributed by atoms with Crippen molar-refractivity contribution < 1.29 is 9.53 Å². The lowest BCUT2D eigenvalue weighted by molar-refractivity contribution is -0.122. The molecular formula is C16H21Cl2NO2. The van der Waals surface area contributed by atoms with E-state index in [4.69, 9.17) is 27.9 Å². The molecule has 1 aromatic rings. The van der Waals surface area contributed by atoms with E-state index in [0.717, 1.165) is 19.3 Å². The molecule has 1 atom stereocenters. The topological polar surface area (TPSA) is 38.3 Å². The molecule has 1 aromatic carbocycles. The highest BCUT2D eigenvalue weighted by atomic mass is 35.5. The van der Waals surface area contributed by atoms with Gasteiger partial charge in [-0.25, -0.2) is 0 Å². The van der Waals surface area contributed by atoms with Crippen molar-refractivity contribution in [3.05, 3.63) is 28.2 Å². The molecule has 1 unspecified atom stereocenters. The van der Waals surface area contributed by atoms with E-state index in [1.807, 2.05) is 0 Å². The molecule has 2 rings (SSSR count). The predicted molar refractivity (Wildman–Crippen MR) is 86.1 cm³/mol. The number of ether oxygens (including phenoxy) is 1. The highest BCUT2D eigenvalue weighted by Gasteiger charge is 2.31. The molecule has 1 aliphatic rings. The maximum atomic E-state index is 11.9. The number of hydrogen-bond donors (Lipinski definition) is 1. The molecule has 1 aliphatic carbocycles. The predicted octanol–water partition coefficient (Wildman–Crippen LogP) is 4.46. The van der Waals surface area contributed by atoms with Crippen LogP contribution < -0.4 is 10.1 Å².